The van der Waals surface area contributed by atoms with E-state index < -0.39 is 6.04 Å². The monoisotopic (exact) mass is 498 g/mol. The lowest BCUT2D eigenvalue weighted by atomic mass is 9.95. The Morgan fingerprint density at radius 1 is 1.25 bits per heavy atom. The van der Waals surface area contributed by atoms with Crippen molar-refractivity contribution in [3.63, 3.8) is 0 Å². The molecule has 10 nitrogen and oxygen atoms in total. The first-order chi connectivity index (χ1) is 15.4. The Labute approximate surface area is 194 Å². The fourth-order valence-electron chi connectivity index (χ4n) is 3.29. The topological polar surface area (TPSA) is 167 Å². The van der Waals surface area contributed by atoms with Crippen LogP contribution in [0.2, 0.25) is 0 Å². The van der Waals surface area contributed by atoms with E-state index in [1.807, 2.05) is 31.3 Å². The Hall–Kier alpha value is -3.70. The Balaban J connectivity index is 2.18. The quantitative estimate of drug-likeness (QED) is 0.254. The van der Waals surface area contributed by atoms with E-state index in [4.69, 9.17) is 26.2 Å². The third-order valence-corrected chi connectivity index (χ3v) is 5.34. The summed E-state index contributed by atoms with van der Waals surface area (Å²) in [5.74, 6) is 1.62. The number of aromatic nitrogens is 1. The van der Waals surface area contributed by atoms with Gasteiger partial charge in [-0.1, -0.05) is 13.3 Å². The van der Waals surface area contributed by atoms with E-state index in [0.29, 0.717) is 46.1 Å². The van der Waals surface area contributed by atoms with Gasteiger partial charge in [0.15, 0.2) is 17.7 Å². The van der Waals surface area contributed by atoms with Crippen molar-refractivity contribution >= 4 is 39.2 Å². The number of rotatable bonds is 7. The molecule has 1 aromatic carbocycles. The molecule has 0 saturated carbocycles. The lowest BCUT2D eigenvalue weighted by molar-refractivity contribution is 0.271. The number of pyridine rings is 1. The largest absolute Gasteiger partial charge is 0.490 e. The number of aliphatic imine (C=N–C) groups is 1. The number of benzene rings is 1. The van der Waals surface area contributed by atoms with Gasteiger partial charge in [-0.25, -0.2) is 9.98 Å². The highest BCUT2D eigenvalue weighted by Gasteiger charge is 2.31. The van der Waals surface area contributed by atoms with Crippen LogP contribution >= 0.6 is 15.9 Å². The standard InChI is InChI=1S/C21H23BrN8O2/c1-3-5-6-32-18-13(22)7-11(8-14(18)31-4-2)17-15-16(25)12(9-23)19(26)29-20(15)30-21(28-17)27-10-24/h7-8,17H,3-6H2,1-2H3,(H6,25,26,27,28,29,30). The van der Waals surface area contributed by atoms with Crippen molar-refractivity contribution in [2.45, 2.75) is 32.7 Å². The van der Waals surface area contributed by atoms with Crippen LogP contribution in [0.3, 0.4) is 0 Å². The van der Waals surface area contributed by atoms with Crippen LogP contribution in [-0.2, 0) is 0 Å². The third kappa shape index (κ3) is 4.48. The van der Waals surface area contributed by atoms with Crippen molar-refractivity contribution in [1.29, 1.82) is 10.5 Å². The molecule has 1 atom stereocenters. The van der Waals surface area contributed by atoms with Gasteiger partial charge < -0.3 is 26.3 Å². The first kappa shape index (κ1) is 23.0. The van der Waals surface area contributed by atoms with Crippen LogP contribution < -0.4 is 31.6 Å². The lowest BCUT2D eigenvalue weighted by Crippen LogP contribution is -2.32. The summed E-state index contributed by atoms with van der Waals surface area (Å²) < 4.78 is 12.4. The molecule has 0 radical (unpaired) electrons. The summed E-state index contributed by atoms with van der Waals surface area (Å²) in [6.07, 6.45) is 3.75. The molecule has 166 valence electrons. The zero-order chi connectivity index (χ0) is 23.3. The van der Waals surface area contributed by atoms with E-state index in [0.717, 1.165) is 12.8 Å². The maximum Gasteiger partial charge on any atom is 0.211 e. The van der Waals surface area contributed by atoms with Gasteiger partial charge in [-0.05, 0) is 47.0 Å². The Bertz CT molecular complexity index is 1140. The summed E-state index contributed by atoms with van der Waals surface area (Å²) in [7, 11) is 0. The molecule has 0 fully saturated rings. The van der Waals surface area contributed by atoms with Crippen LogP contribution in [0.1, 0.15) is 49.4 Å². The molecule has 1 aliphatic heterocycles. The molecular formula is C21H23BrN8O2. The van der Waals surface area contributed by atoms with Gasteiger partial charge in [-0.3, -0.25) is 5.32 Å². The van der Waals surface area contributed by atoms with Gasteiger partial charge in [-0.2, -0.15) is 10.5 Å². The second-order valence-electron chi connectivity index (χ2n) is 6.87. The summed E-state index contributed by atoms with van der Waals surface area (Å²) in [6.45, 7) is 4.96. The second kappa shape index (κ2) is 10.1. The van der Waals surface area contributed by atoms with Crippen LogP contribution in [0.15, 0.2) is 21.6 Å². The maximum atomic E-state index is 9.49. The average molecular weight is 499 g/mol. The highest BCUT2D eigenvalue weighted by Crippen LogP contribution is 2.45. The van der Waals surface area contributed by atoms with E-state index in [-0.39, 0.29) is 23.0 Å². The molecule has 32 heavy (non-hydrogen) atoms. The predicted molar refractivity (Wildman–Crippen MR) is 125 cm³/mol. The number of guanidine groups is 1. The smallest absolute Gasteiger partial charge is 0.211 e. The number of nitrogen functional groups attached to an aromatic ring is 2. The molecule has 11 heteroatoms. The molecule has 0 saturated heterocycles. The number of ether oxygens (including phenoxy) is 2. The Morgan fingerprint density at radius 3 is 2.69 bits per heavy atom. The summed E-state index contributed by atoms with van der Waals surface area (Å²) >= 11 is 3.57. The normalized spacial score (nSPS) is 14.3. The zero-order valence-corrected chi connectivity index (χ0v) is 19.3. The summed E-state index contributed by atoms with van der Waals surface area (Å²) in [5, 5.41) is 23.9. The highest BCUT2D eigenvalue weighted by molar-refractivity contribution is 9.10. The number of fused-ring (bicyclic) bond motifs is 1. The van der Waals surface area contributed by atoms with Gasteiger partial charge in [0.25, 0.3) is 0 Å². The molecule has 2 aromatic rings. The minimum atomic E-state index is -0.678. The fraction of sp³-hybridized carbons (Fsp3) is 0.333. The number of nitrogens with two attached hydrogens (primary N) is 2. The van der Waals surface area contributed by atoms with Crippen molar-refractivity contribution in [2.24, 2.45) is 4.99 Å². The minimum absolute atomic E-state index is 0.0101. The Morgan fingerprint density at radius 2 is 2.03 bits per heavy atom. The van der Waals surface area contributed by atoms with Crippen LogP contribution in [0.4, 0.5) is 17.3 Å². The van der Waals surface area contributed by atoms with Gasteiger partial charge in [0.05, 0.1) is 23.4 Å². The third-order valence-electron chi connectivity index (χ3n) is 4.75. The molecule has 3 rings (SSSR count). The molecular weight excluding hydrogens is 476 g/mol. The molecule has 1 aliphatic rings. The number of hydrogen-bond donors (Lipinski definition) is 4. The lowest BCUT2D eigenvalue weighted by Gasteiger charge is -2.27. The summed E-state index contributed by atoms with van der Waals surface area (Å²) in [5.41, 5.74) is 13.6. The van der Waals surface area contributed by atoms with E-state index >= 15 is 0 Å². The maximum absolute atomic E-state index is 9.49. The number of nitrogens with zero attached hydrogens (tertiary/aromatic N) is 4. The fourth-order valence-corrected chi connectivity index (χ4v) is 3.86. The number of nitrogens with one attached hydrogen (secondary N) is 2. The van der Waals surface area contributed by atoms with Crippen molar-refractivity contribution in [3.8, 4) is 23.8 Å². The number of anilines is 3. The average Bonchev–Trinajstić information content (AvgIpc) is 2.75. The molecule has 0 spiro atoms. The van der Waals surface area contributed by atoms with Gasteiger partial charge in [0, 0.05) is 5.56 Å². The van der Waals surface area contributed by atoms with E-state index in [1.165, 1.54) is 0 Å². The predicted octanol–water partition coefficient (Wildman–Crippen LogP) is 3.40. The van der Waals surface area contributed by atoms with Crippen molar-refractivity contribution in [2.75, 3.05) is 30.0 Å². The van der Waals surface area contributed by atoms with Gasteiger partial charge in [-0.15, -0.1) is 0 Å². The SMILES string of the molecule is CCCCOc1c(Br)cc(C2N=C(NC#N)Nc3nc(N)c(C#N)c(N)c32)cc1OCC. The van der Waals surface area contributed by atoms with Gasteiger partial charge >= 0.3 is 0 Å². The number of nitriles is 2. The number of unbranched alkanes of at least 4 members (excludes halogenated alkanes) is 1. The number of halogens is 1. The van der Waals surface area contributed by atoms with Crippen LogP contribution in [-0.4, -0.2) is 24.2 Å². The minimum Gasteiger partial charge on any atom is -0.490 e. The second-order valence-corrected chi connectivity index (χ2v) is 7.72. The summed E-state index contributed by atoms with van der Waals surface area (Å²) in [4.78, 5) is 8.85. The van der Waals surface area contributed by atoms with Crippen molar-refractivity contribution in [3.05, 3.63) is 33.3 Å². The van der Waals surface area contributed by atoms with Crippen LogP contribution in [0.25, 0.3) is 0 Å². The van der Waals surface area contributed by atoms with Crippen LogP contribution in [0, 0.1) is 22.8 Å². The van der Waals surface area contributed by atoms with Crippen molar-refractivity contribution in [1.82, 2.24) is 10.3 Å². The van der Waals surface area contributed by atoms with E-state index in [9.17, 15) is 5.26 Å². The number of hydrogen-bond acceptors (Lipinski definition) is 10. The first-order valence-electron chi connectivity index (χ1n) is 10.0. The molecule has 1 aromatic heterocycles. The van der Waals surface area contributed by atoms with E-state index in [1.54, 1.807) is 0 Å². The molecule has 0 bridgehead atoms. The molecule has 1 unspecified atom stereocenters. The van der Waals surface area contributed by atoms with Gasteiger partial charge in [0.1, 0.15) is 29.3 Å². The van der Waals surface area contributed by atoms with Crippen molar-refractivity contribution < 1.29 is 9.47 Å². The first-order valence-corrected chi connectivity index (χ1v) is 10.8. The van der Waals surface area contributed by atoms with Crippen LogP contribution in [0.5, 0.6) is 11.5 Å². The van der Waals surface area contributed by atoms with Gasteiger partial charge in [0.2, 0.25) is 5.96 Å². The molecule has 0 aliphatic carbocycles. The highest BCUT2D eigenvalue weighted by atomic mass is 79.9. The van der Waals surface area contributed by atoms with E-state index in [2.05, 4.69) is 43.5 Å². The molecule has 6 N–H and O–H groups in total. The molecule has 2 heterocycles. The Kier molecular flexibility index (Phi) is 7.23. The zero-order valence-electron chi connectivity index (χ0n) is 17.7. The summed E-state index contributed by atoms with van der Waals surface area (Å²) in [6, 6.07) is 4.97. The molecule has 0 amide bonds.